The molecule has 8 heteroatoms. The number of rotatable bonds is 0. The van der Waals surface area contributed by atoms with E-state index in [9.17, 15) is 0 Å². The molecule has 80 valence electrons. The van der Waals surface area contributed by atoms with Crippen LogP contribution in [0.3, 0.4) is 0 Å². The quantitative estimate of drug-likeness (QED) is 0.395. The van der Waals surface area contributed by atoms with Crippen molar-refractivity contribution in [2.24, 2.45) is 7.05 Å². The minimum atomic E-state index is -4.61. The van der Waals surface area contributed by atoms with Crippen LogP contribution < -0.4 is 0 Å². The van der Waals surface area contributed by atoms with Crippen LogP contribution in [0.25, 0.3) is 0 Å². The van der Waals surface area contributed by atoms with Crippen LogP contribution in [-0.4, -0.2) is 67.3 Å². The molecular weight excluding hydrogens is 215 g/mol. The van der Waals surface area contributed by atoms with Gasteiger partial charge in [0.25, 0.3) is 0 Å². The fourth-order valence-electron chi connectivity index (χ4n) is 0.326. The van der Waals surface area contributed by atoms with Gasteiger partial charge in [-0.05, 0) is 0 Å². The molecule has 4 N–H and O–H groups in total. The summed E-state index contributed by atoms with van der Waals surface area (Å²) in [6, 6.07) is 0. The van der Waals surface area contributed by atoms with Gasteiger partial charge in [0, 0.05) is 19.4 Å². The van der Waals surface area contributed by atoms with Crippen molar-refractivity contribution >= 4 is 38.6 Å². The van der Waals surface area contributed by atoms with E-state index in [1.807, 2.05) is 31.7 Å². The zero-order valence-electron chi connectivity index (χ0n) is 7.92. The van der Waals surface area contributed by atoms with Crippen molar-refractivity contribution in [3.05, 3.63) is 18.7 Å². The fraction of sp³-hybridized carbons (Fsp3) is 0.500. The van der Waals surface area contributed by atoms with E-state index in [1.54, 1.807) is 12.5 Å². The molecule has 0 aliphatic heterocycles. The van der Waals surface area contributed by atoms with Crippen LogP contribution in [0.4, 0.5) is 0 Å². The molecule has 0 saturated carbocycles. The molecule has 14 heavy (non-hydrogen) atoms. The number of hydrogen-bond donors (Lipinski definition) is 4. The van der Waals surface area contributed by atoms with Gasteiger partial charge in [-0.15, -0.1) is 0 Å². The molecule has 0 aromatic carbocycles. The second kappa shape index (κ2) is 11.3. The molecule has 0 bridgehead atoms. The maximum absolute atomic E-state index is 7.33. The topological polar surface area (TPSA) is 98.7 Å². The van der Waals surface area contributed by atoms with Gasteiger partial charge in [0.1, 0.15) is 0 Å². The Labute approximate surface area is 107 Å². The number of aromatic nitrogens is 2. The molecule has 0 spiro atoms. The van der Waals surface area contributed by atoms with Crippen molar-refractivity contribution in [2.75, 3.05) is 0 Å². The van der Waals surface area contributed by atoms with Crippen LogP contribution >= 0.6 is 0 Å². The van der Waals surface area contributed by atoms with E-state index in [2.05, 4.69) is 4.98 Å². The monoisotopic (exact) mass is 232 g/mol. The molecule has 0 saturated heterocycles. The van der Waals surface area contributed by atoms with Crippen LogP contribution in [0.5, 0.6) is 0 Å². The van der Waals surface area contributed by atoms with Crippen molar-refractivity contribution < 1.29 is 19.2 Å². The van der Waals surface area contributed by atoms with Gasteiger partial charge in [-0.25, -0.2) is 4.98 Å². The van der Waals surface area contributed by atoms with Crippen LogP contribution in [0, 0.1) is 0 Å². The Hall–Kier alpha value is 0.267. The molecular formula is C6H17N2NaO4Si. The summed E-state index contributed by atoms with van der Waals surface area (Å²) >= 11 is 0. The van der Waals surface area contributed by atoms with Gasteiger partial charge in [0.15, 0.2) is 0 Å². The Balaban J connectivity index is -0.000000141. The summed E-state index contributed by atoms with van der Waals surface area (Å²) in [4.78, 5) is 33.1. The summed E-state index contributed by atoms with van der Waals surface area (Å²) < 4.78 is 1.89. The predicted octanol–water partition coefficient (Wildman–Crippen LogP) is -1.81. The van der Waals surface area contributed by atoms with E-state index in [0.29, 0.717) is 0 Å². The van der Waals surface area contributed by atoms with Crippen LogP contribution in [0.1, 0.15) is 13.8 Å². The first-order chi connectivity index (χ1) is 5.89. The van der Waals surface area contributed by atoms with E-state index >= 15 is 0 Å². The number of aryl methyl sites for hydroxylation is 1. The first-order valence-electron chi connectivity index (χ1n) is 3.71. The molecule has 0 aliphatic rings. The van der Waals surface area contributed by atoms with E-state index in [1.165, 1.54) is 0 Å². The first-order valence-corrected chi connectivity index (χ1v) is 5.50. The average molecular weight is 232 g/mol. The van der Waals surface area contributed by atoms with Gasteiger partial charge in [0.05, 0.1) is 6.33 Å². The third-order valence-corrected chi connectivity index (χ3v) is 0.637. The van der Waals surface area contributed by atoms with Crippen molar-refractivity contribution in [3.8, 4) is 0 Å². The first kappa shape index (κ1) is 19.8. The van der Waals surface area contributed by atoms with Crippen LogP contribution in [0.15, 0.2) is 18.7 Å². The molecule has 0 radical (unpaired) electrons. The summed E-state index contributed by atoms with van der Waals surface area (Å²) in [5.41, 5.74) is 0. The fourth-order valence-corrected chi connectivity index (χ4v) is 0.326. The van der Waals surface area contributed by atoms with Crippen molar-refractivity contribution in [1.82, 2.24) is 9.55 Å². The molecule has 0 aliphatic carbocycles. The zero-order chi connectivity index (χ0) is 10.9. The summed E-state index contributed by atoms with van der Waals surface area (Å²) in [7, 11) is -2.67. The molecule has 1 aromatic heterocycles. The molecule has 1 heterocycles. The SMILES string of the molecule is CC.Cn1ccnc1.O[Si](O)(O)O.[NaH]. The Morgan fingerprint density at radius 3 is 1.57 bits per heavy atom. The summed E-state index contributed by atoms with van der Waals surface area (Å²) in [6.45, 7) is 4.00. The second-order valence-electron chi connectivity index (χ2n) is 1.83. The number of hydrogen-bond acceptors (Lipinski definition) is 5. The normalized spacial score (nSPS) is 8.50. The number of imidazole rings is 1. The van der Waals surface area contributed by atoms with Gasteiger partial charge in [-0.1, -0.05) is 13.8 Å². The average Bonchev–Trinajstić information content (AvgIpc) is 2.40. The van der Waals surface area contributed by atoms with Crippen molar-refractivity contribution in [1.29, 1.82) is 0 Å². The van der Waals surface area contributed by atoms with Crippen LogP contribution in [-0.2, 0) is 7.05 Å². The third-order valence-electron chi connectivity index (χ3n) is 0.637. The van der Waals surface area contributed by atoms with Gasteiger partial charge < -0.3 is 23.7 Å². The van der Waals surface area contributed by atoms with Gasteiger partial charge in [-0.3, -0.25) is 0 Å². The van der Waals surface area contributed by atoms with Crippen molar-refractivity contribution in [2.45, 2.75) is 13.8 Å². The summed E-state index contributed by atoms with van der Waals surface area (Å²) in [5, 5.41) is 0. The van der Waals surface area contributed by atoms with Gasteiger partial charge in [0.2, 0.25) is 0 Å². The van der Waals surface area contributed by atoms with E-state index in [0.717, 1.165) is 0 Å². The maximum atomic E-state index is 7.33. The third kappa shape index (κ3) is 29.5. The van der Waals surface area contributed by atoms with Gasteiger partial charge >= 0.3 is 38.6 Å². The molecule has 0 atom stereocenters. The molecule has 0 amide bonds. The van der Waals surface area contributed by atoms with E-state index in [-0.39, 0.29) is 29.6 Å². The standard InChI is InChI=1S/C4H6N2.C2H6.Na.H4O4Si.H/c1-6-3-2-5-4-6;1-2;;1-5(2,3)4;/h2-4H,1H3;1-2H3;;1-4H;. The molecule has 6 nitrogen and oxygen atoms in total. The summed E-state index contributed by atoms with van der Waals surface area (Å²) in [6.07, 6.45) is 5.39. The predicted molar refractivity (Wildman–Crippen MR) is 56.3 cm³/mol. The minimum absolute atomic E-state index is 0. The Morgan fingerprint density at radius 1 is 1.14 bits per heavy atom. The molecule has 1 rings (SSSR count). The zero-order valence-corrected chi connectivity index (χ0v) is 8.92. The van der Waals surface area contributed by atoms with Crippen LogP contribution in [0.2, 0.25) is 0 Å². The van der Waals surface area contributed by atoms with E-state index < -0.39 is 9.05 Å². The van der Waals surface area contributed by atoms with Crippen molar-refractivity contribution in [3.63, 3.8) is 0 Å². The Morgan fingerprint density at radius 2 is 1.50 bits per heavy atom. The number of nitrogens with zero attached hydrogens (tertiary/aromatic N) is 2. The second-order valence-corrected chi connectivity index (χ2v) is 3.03. The Bertz CT molecular complexity index is 184. The van der Waals surface area contributed by atoms with Gasteiger partial charge in [-0.2, -0.15) is 0 Å². The molecule has 1 aromatic rings. The molecule has 0 fully saturated rings. The Kier molecular flexibility index (Phi) is 16.0. The van der Waals surface area contributed by atoms with E-state index in [4.69, 9.17) is 19.2 Å². The summed E-state index contributed by atoms with van der Waals surface area (Å²) in [5.74, 6) is 0. The molecule has 0 unspecified atom stereocenters.